The Hall–Kier alpha value is -0.890. The predicted molar refractivity (Wildman–Crippen MR) is 79.1 cm³/mol. The van der Waals surface area contributed by atoms with Gasteiger partial charge < -0.3 is 5.73 Å². The fraction of sp³-hybridized carbons (Fsp3) is 0.333. The third-order valence-corrected chi connectivity index (χ3v) is 7.14. The molecule has 0 saturated carbocycles. The molecule has 0 spiro atoms. The van der Waals surface area contributed by atoms with Crippen molar-refractivity contribution >= 4 is 38.4 Å². The Morgan fingerprint density at radius 2 is 2.21 bits per heavy atom. The number of nitrogens with two attached hydrogens (primary N) is 1. The largest absolute Gasteiger partial charge is 0.398 e. The zero-order valence-corrected chi connectivity index (χ0v) is 12.6. The van der Waals surface area contributed by atoms with E-state index < -0.39 is 10.0 Å². The van der Waals surface area contributed by atoms with Gasteiger partial charge in [0.25, 0.3) is 10.0 Å². The van der Waals surface area contributed by atoms with Gasteiger partial charge in [-0.3, -0.25) is 0 Å². The fourth-order valence-electron chi connectivity index (χ4n) is 2.33. The van der Waals surface area contributed by atoms with Crippen molar-refractivity contribution in [3.63, 3.8) is 0 Å². The van der Waals surface area contributed by atoms with Crippen molar-refractivity contribution < 1.29 is 8.42 Å². The zero-order valence-electron chi connectivity index (χ0n) is 10.1. The van der Waals surface area contributed by atoms with Gasteiger partial charge in [0.1, 0.15) is 4.21 Å². The number of nitrogens with one attached hydrogen (secondary N) is 1. The first-order valence-electron chi connectivity index (χ1n) is 5.99. The van der Waals surface area contributed by atoms with Crippen LogP contribution in [0.3, 0.4) is 0 Å². The zero-order chi connectivity index (χ0) is 13.5. The van der Waals surface area contributed by atoms with Crippen molar-refractivity contribution in [3.05, 3.63) is 33.3 Å². The van der Waals surface area contributed by atoms with Gasteiger partial charge in [0.15, 0.2) is 0 Å². The molecule has 4 nitrogen and oxygen atoms in total. The van der Waals surface area contributed by atoms with Gasteiger partial charge >= 0.3 is 0 Å². The first-order valence-corrected chi connectivity index (χ1v) is 9.23. The number of aryl methyl sites for hydroxylation is 1. The Morgan fingerprint density at radius 3 is 2.95 bits per heavy atom. The number of nitrogen functional groups attached to an aromatic ring is 1. The molecular formula is C12H14N2O2S3. The number of rotatable bonds is 3. The number of fused-ring (bicyclic) bond motifs is 1. The Kier molecular flexibility index (Phi) is 3.38. The molecular weight excluding hydrogens is 300 g/mol. The summed E-state index contributed by atoms with van der Waals surface area (Å²) in [5.41, 5.74) is 7.21. The molecule has 2 heterocycles. The van der Waals surface area contributed by atoms with Crippen LogP contribution in [0.15, 0.2) is 27.1 Å². The second-order valence-electron chi connectivity index (χ2n) is 4.56. The molecule has 0 aliphatic heterocycles. The van der Waals surface area contributed by atoms with Crippen molar-refractivity contribution in [1.82, 2.24) is 4.72 Å². The van der Waals surface area contributed by atoms with Crippen LogP contribution in [0.4, 0.5) is 5.69 Å². The highest BCUT2D eigenvalue weighted by atomic mass is 32.2. The lowest BCUT2D eigenvalue weighted by molar-refractivity contribution is 0.512. The lowest BCUT2D eigenvalue weighted by Crippen LogP contribution is -2.30. The summed E-state index contributed by atoms with van der Waals surface area (Å²) in [4.78, 5) is 1.30. The molecule has 2 aromatic rings. The maximum Gasteiger partial charge on any atom is 0.250 e. The van der Waals surface area contributed by atoms with E-state index in [-0.39, 0.29) is 10.3 Å². The number of thiophene rings is 2. The van der Waals surface area contributed by atoms with Gasteiger partial charge in [-0.2, -0.15) is 0 Å². The van der Waals surface area contributed by atoms with Gasteiger partial charge in [-0.1, -0.05) is 0 Å². The molecule has 0 aromatic carbocycles. The summed E-state index contributed by atoms with van der Waals surface area (Å²) in [6, 6.07) is 3.42. The minimum atomic E-state index is -3.47. The van der Waals surface area contributed by atoms with Crippen molar-refractivity contribution in [1.29, 1.82) is 0 Å². The SMILES string of the molecule is Nc1csc(S(=O)(=O)NC2CCCc3sccc32)c1. The van der Waals surface area contributed by atoms with Gasteiger partial charge in [-0.25, -0.2) is 13.1 Å². The van der Waals surface area contributed by atoms with Crippen LogP contribution in [-0.2, 0) is 16.4 Å². The minimum Gasteiger partial charge on any atom is -0.398 e. The minimum absolute atomic E-state index is 0.108. The molecule has 0 radical (unpaired) electrons. The Balaban J connectivity index is 1.87. The second kappa shape index (κ2) is 4.90. The quantitative estimate of drug-likeness (QED) is 0.915. The second-order valence-corrected chi connectivity index (χ2v) is 8.42. The Morgan fingerprint density at radius 1 is 1.37 bits per heavy atom. The number of hydrogen-bond acceptors (Lipinski definition) is 5. The van der Waals surface area contributed by atoms with E-state index in [0.717, 1.165) is 36.2 Å². The van der Waals surface area contributed by atoms with E-state index in [2.05, 4.69) is 4.72 Å². The van der Waals surface area contributed by atoms with Crippen LogP contribution in [0.5, 0.6) is 0 Å². The van der Waals surface area contributed by atoms with Crippen LogP contribution in [0.25, 0.3) is 0 Å². The molecule has 0 saturated heterocycles. The van der Waals surface area contributed by atoms with Gasteiger partial charge in [0.2, 0.25) is 0 Å². The Bertz CT molecular complexity index is 687. The monoisotopic (exact) mass is 314 g/mol. The summed E-state index contributed by atoms with van der Waals surface area (Å²) in [5, 5.41) is 3.67. The molecule has 1 unspecified atom stereocenters. The van der Waals surface area contributed by atoms with Crippen molar-refractivity contribution in [2.24, 2.45) is 0 Å². The molecule has 0 bridgehead atoms. The standard InChI is InChI=1S/C12H14N2O2S3/c13-8-6-12(18-7-8)19(15,16)14-10-2-1-3-11-9(10)4-5-17-11/h4-7,10,14H,1-3,13H2. The molecule has 102 valence electrons. The predicted octanol–water partition coefficient (Wildman–Crippen LogP) is 2.75. The summed E-state index contributed by atoms with van der Waals surface area (Å²) in [5.74, 6) is 0. The smallest absolute Gasteiger partial charge is 0.250 e. The number of sulfonamides is 1. The van der Waals surface area contributed by atoms with Crippen LogP contribution < -0.4 is 10.5 Å². The van der Waals surface area contributed by atoms with Gasteiger partial charge in [0.05, 0.1) is 0 Å². The van der Waals surface area contributed by atoms with Crippen LogP contribution >= 0.6 is 22.7 Å². The molecule has 1 atom stereocenters. The molecule has 0 fully saturated rings. The third-order valence-electron chi connectivity index (χ3n) is 3.21. The molecule has 2 aromatic heterocycles. The fourth-order valence-corrected chi connectivity index (χ4v) is 5.66. The highest BCUT2D eigenvalue weighted by Gasteiger charge is 2.27. The van der Waals surface area contributed by atoms with E-state index in [1.807, 2.05) is 11.4 Å². The first kappa shape index (κ1) is 13.1. The number of anilines is 1. The highest BCUT2D eigenvalue weighted by Crippen LogP contribution is 2.34. The first-order chi connectivity index (χ1) is 9.06. The summed E-state index contributed by atoms with van der Waals surface area (Å²) < 4.78 is 27.7. The van der Waals surface area contributed by atoms with E-state index >= 15 is 0 Å². The maximum atomic E-state index is 12.3. The third kappa shape index (κ3) is 2.55. The Labute approximate surface area is 120 Å². The van der Waals surface area contributed by atoms with Crippen LogP contribution in [0, 0.1) is 0 Å². The molecule has 3 rings (SSSR count). The number of hydrogen-bond donors (Lipinski definition) is 2. The van der Waals surface area contributed by atoms with Crippen LogP contribution in [0.2, 0.25) is 0 Å². The maximum absolute atomic E-state index is 12.3. The van der Waals surface area contributed by atoms with E-state index in [1.165, 1.54) is 10.9 Å². The van der Waals surface area contributed by atoms with E-state index in [0.29, 0.717) is 5.69 Å². The summed E-state index contributed by atoms with van der Waals surface area (Å²) in [7, 11) is -3.47. The summed E-state index contributed by atoms with van der Waals surface area (Å²) >= 11 is 2.86. The molecule has 3 N–H and O–H groups in total. The van der Waals surface area contributed by atoms with E-state index in [1.54, 1.807) is 16.7 Å². The molecule has 7 heteroatoms. The average molecular weight is 314 g/mol. The van der Waals surface area contributed by atoms with Crippen molar-refractivity contribution in [3.8, 4) is 0 Å². The van der Waals surface area contributed by atoms with Gasteiger partial charge in [-0.15, -0.1) is 22.7 Å². The topological polar surface area (TPSA) is 72.2 Å². The van der Waals surface area contributed by atoms with Gasteiger partial charge in [-0.05, 0) is 42.3 Å². The molecule has 19 heavy (non-hydrogen) atoms. The normalized spacial score (nSPS) is 19.3. The van der Waals surface area contributed by atoms with Gasteiger partial charge in [0, 0.05) is 22.0 Å². The molecule has 1 aliphatic rings. The van der Waals surface area contributed by atoms with Crippen LogP contribution in [0.1, 0.15) is 29.3 Å². The van der Waals surface area contributed by atoms with E-state index in [9.17, 15) is 8.42 Å². The van der Waals surface area contributed by atoms with Crippen molar-refractivity contribution in [2.45, 2.75) is 29.5 Å². The van der Waals surface area contributed by atoms with E-state index in [4.69, 9.17) is 5.73 Å². The summed E-state index contributed by atoms with van der Waals surface area (Å²) in [6.07, 6.45) is 2.92. The lowest BCUT2D eigenvalue weighted by Gasteiger charge is -2.23. The van der Waals surface area contributed by atoms with Crippen LogP contribution in [-0.4, -0.2) is 8.42 Å². The van der Waals surface area contributed by atoms with Crippen molar-refractivity contribution in [2.75, 3.05) is 5.73 Å². The highest BCUT2D eigenvalue weighted by molar-refractivity contribution is 7.91. The average Bonchev–Trinajstić information content (AvgIpc) is 2.97. The molecule has 1 aliphatic carbocycles. The molecule has 0 amide bonds. The lowest BCUT2D eigenvalue weighted by atomic mass is 9.95. The summed E-state index contributed by atoms with van der Waals surface area (Å²) in [6.45, 7) is 0.